The maximum Gasteiger partial charge on any atom is 0.321 e. The molecule has 0 saturated heterocycles. The first-order valence-electron chi connectivity index (χ1n) is 7.33. The fourth-order valence-corrected chi connectivity index (χ4v) is 2.41. The Morgan fingerprint density at radius 1 is 1.14 bits per heavy atom. The summed E-state index contributed by atoms with van der Waals surface area (Å²) in [7, 11) is 3.98. The molecule has 0 aromatic rings. The van der Waals surface area contributed by atoms with Crippen LogP contribution < -0.4 is 10.6 Å². The highest BCUT2D eigenvalue weighted by Crippen LogP contribution is 2.35. The summed E-state index contributed by atoms with van der Waals surface area (Å²) >= 11 is 0. The molecule has 0 spiro atoms. The van der Waals surface area contributed by atoms with Gasteiger partial charge in [-0.05, 0) is 46.2 Å². The lowest BCUT2D eigenvalue weighted by atomic mass is 9.75. The van der Waals surface area contributed by atoms with Crippen molar-refractivity contribution < 1.29 is 19.5 Å². The van der Waals surface area contributed by atoms with Crippen molar-refractivity contribution in [2.75, 3.05) is 20.6 Å². The van der Waals surface area contributed by atoms with E-state index in [2.05, 4.69) is 15.5 Å². The molecule has 120 valence electrons. The van der Waals surface area contributed by atoms with Crippen LogP contribution in [-0.4, -0.2) is 54.1 Å². The number of likely N-dealkylation sites (N-methyl/N-ethyl adjacent to an activating group) is 1. The van der Waals surface area contributed by atoms with Crippen LogP contribution in [0.5, 0.6) is 0 Å². The van der Waals surface area contributed by atoms with Gasteiger partial charge in [-0.1, -0.05) is 0 Å². The van der Waals surface area contributed by atoms with Crippen molar-refractivity contribution in [3.8, 4) is 0 Å². The van der Waals surface area contributed by atoms with Crippen LogP contribution in [0.1, 0.15) is 44.9 Å². The summed E-state index contributed by atoms with van der Waals surface area (Å²) in [6.45, 7) is 0.526. The van der Waals surface area contributed by atoms with Crippen molar-refractivity contribution >= 4 is 17.9 Å². The molecule has 7 heteroatoms. The van der Waals surface area contributed by atoms with E-state index >= 15 is 0 Å². The number of nitrogens with zero attached hydrogens (tertiary/aromatic N) is 1. The van der Waals surface area contributed by atoms with E-state index in [0.29, 0.717) is 19.4 Å². The van der Waals surface area contributed by atoms with E-state index in [1.807, 2.05) is 14.1 Å². The number of carboxylic acids is 1. The normalized spacial score (nSPS) is 16.1. The first kappa shape index (κ1) is 17.4. The summed E-state index contributed by atoms with van der Waals surface area (Å²) in [4.78, 5) is 35.6. The van der Waals surface area contributed by atoms with Crippen molar-refractivity contribution in [1.82, 2.24) is 15.5 Å². The van der Waals surface area contributed by atoms with Gasteiger partial charge in [0.05, 0.1) is 0 Å². The zero-order valence-corrected chi connectivity index (χ0v) is 12.8. The van der Waals surface area contributed by atoms with Gasteiger partial charge in [0.25, 0.3) is 0 Å². The van der Waals surface area contributed by atoms with Gasteiger partial charge in [-0.3, -0.25) is 14.9 Å². The lowest BCUT2D eigenvalue weighted by molar-refractivity contribution is -0.137. The molecule has 21 heavy (non-hydrogen) atoms. The molecule has 3 N–H and O–H groups in total. The molecule has 3 amide bonds. The van der Waals surface area contributed by atoms with E-state index < -0.39 is 12.0 Å². The third kappa shape index (κ3) is 5.71. The van der Waals surface area contributed by atoms with Crippen LogP contribution in [0.15, 0.2) is 0 Å². The number of amides is 3. The first-order chi connectivity index (χ1) is 9.85. The third-order valence-corrected chi connectivity index (χ3v) is 4.11. The molecule has 0 heterocycles. The second-order valence-electron chi connectivity index (χ2n) is 5.80. The van der Waals surface area contributed by atoms with Gasteiger partial charge in [-0.2, -0.15) is 0 Å². The molecule has 1 fully saturated rings. The molecule has 0 aromatic heterocycles. The van der Waals surface area contributed by atoms with E-state index in [9.17, 15) is 14.4 Å². The Balaban J connectivity index is 2.18. The second-order valence-corrected chi connectivity index (χ2v) is 5.80. The van der Waals surface area contributed by atoms with Gasteiger partial charge in [0, 0.05) is 24.9 Å². The predicted molar refractivity (Wildman–Crippen MR) is 77.9 cm³/mol. The zero-order valence-electron chi connectivity index (χ0n) is 12.8. The van der Waals surface area contributed by atoms with Gasteiger partial charge in [-0.25, -0.2) is 4.79 Å². The maximum absolute atomic E-state index is 11.6. The SMILES string of the molecule is CN(C)C1(CNC(=O)NC(=O)CCCCC(=O)O)CCC1. The number of carbonyl (C=O) groups is 3. The van der Waals surface area contributed by atoms with Gasteiger partial charge < -0.3 is 15.3 Å². The molecule has 1 rings (SSSR count). The number of urea groups is 1. The summed E-state index contributed by atoms with van der Waals surface area (Å²) in [5.41, 5.74) is 0.0157. The first-order valence-corrected chi connectivity index (χ1v) is 7.33. The topological polar surface area (TPSA) is 98.7 Å². The lowest BCUT2D eigenvalue weighted by Gasteiger charge is -2.47. The van der Waals surface area contributed by atoms with Gasteiger partial charge in [-0.15, -0.1) is 0 Å². The Hall–Kier alpha value is -1.63. The van der Waals surface area contributed by atoms with Crippen LogP contribution >= 0.6 is 0 Å². The zero-order chi connectivity index (χ0) is 15.9. The Morgan fingerprint density at radius 3 is 2.24 bits per heavy atom. The highest BCUT2D eigenvalue weighted by molar-refractivity contribution is 5.94. The molecule has 0 aromatic carbocycles. The molecular weight excluding hydrogens is 274 g/mol. The van der Waals surface area contributed by atoms with Crippen molar-refractivity contribution in [2.45, 2.75) is 50.5 Å². The Labute approximate surface area is 125 Å². The number of hydrogen-bond acceptors (Lipinski definition) is 4. The Kier molecular flexibility index (Phi) is 6.61. The van der Waals surface area contributed by atoms with Crippen LogP contribution in [0.3, 0.4) is 0 Å². The number of rotatable bonds is 8. The van der Waals surface area contributed by atoms with Crippen LogP contribution in [0.4, 0.5) is 4.79 Å². The number of carbonyl (C=O) groups excluding carboxylic acids is 2. The standard InChI is InChI=1S/C14H25N3O4/c1-17(2)14(8-5-9-14)10-15-13(21)16-11(18)6-3-4-7-12(19)20/h3-10H2,1-2H3,(H,19,20)(H2,15,16,18,21). The fourth-order valence-electron chi connectivity index (χ4n) is 2.41. The van der Waals surface area contributed by atoms with E-state index in [0.717, 1.165) is 19.3 Å². The molecule has 0 unspecified atom stereocenters. The molecule has 0 bridgehead atoms. The minimum Gasteiger partial charge on any atom is -0.481 e. The number of hydrogen-bond donors (Lipinski definition) is 3. The molecule has 1 saturated carbocycles. The van der Waals surface area contributed by atoms with E-state index in [4.69, 9.17) is 5.11 Å². The summed E-state index contributed by atoms with van der Waals surface area (Å²) in [5, 5.41) is 13.5. The van der Waals surface area contributed by atoms with Crippen molar-refractivity contribution in [3.63, 3.8) is 0 Å². The highest BCUT2D eigenvalue weighted by Gasteiger charge is 2.39. The summed E-state index contributed by atoms with van der Waals surface area (Å²) in [6, 6.07) is -0.480. The second kappa shape index (κ2) is 7.97. The van der Waals surface area contributed by atoms with Crippen molar-refractivity contribution in [2.24, 2.45) is 0 Å². The maximum atomic E-state index is 11.6. The average Bonchev–Trinajstić information content (AvgIpc) is 2.32. The lowest BCUT2D eigenvalue weighted by Crippen LogP contribution is -2.58. The van der Waals surface area contributed by atoms with Gasteiger partial charge in [0.1, 0.15) is 0 Å². The minimum atomic E-state index is -0.873. The number of imide groups is 1. The molecular formula is C14H25N3O4. The monoisotopic (exact) mass is 299 g/mol. The van der Waals surface area contributed by atoms with Crippen molar-refractivity contribution in [3.05, 3.63) is 0 Å². The van der Waals surface area contributed by atoms with E-state index in [1.54, 1.807) is 0 Å². The van der Waals surface area contributed by atoms with Gasteiger partial charge in [0.15, 0.2) is 0 Å². The molecule has 1 aliphatic carbocycles. The number of nitrogens with one attached hydrogen (secondary N) is 2. The van der Waals surface area contributed by atoms with Crippen LogP contribution in [0, 0.1) is 0 Å². The molecule has 0 aliphatic heterocycles. The Bertz CT molecular complexity index is 392. The summed E-state index contributed by atoms with van der Waals surface area (Å²) in [5.74, 6) is -1.24. The van der Waals surface area contributed by atoms with Crippen LogP contribution in [-0.2, 0) is 9.59 Å². The summed E-state index contributed by atoms with van der Waals surface area (Å²) in [6.07, 6.45) is 4.36. The third-order valence-electron chi connectivity index (χ3n) is 4.11. The molecule has 0 atom stereocenters. The smallest absolute Gasteiger partial charge is 0.321 e. The highest BCUT2D eigenvalue weighted by atomic mass is 16.4. The summed E-state index contributed by atoms with van der Waals surface area (Å²) < 4.78 is 0. The van der Waals surface area contributed by atoms with Crippen LogP contribution in [0.25, 0.3) is 0 Å². The Morgan fingerprint density at radius 2 is 1.76 bits per heavy atom. The minimum absolute atomic E-state index is 0.0157. The average molecular weight is 299 g/mol. The number of unbranched alkanes of at least 4 members (excludes halogenated alkanes) is 1. The van der Waals surface area contributed by atoms with Gasteiger partial charge in [0.2, 0.25) is 5.91 Å². The number of aliphatic carboxylic acids is 1. The molecule has 7 nitrogen and oxygen atoms in total. The van der Waals surface area contributed by atoms with Gasteiger partial charge >= 0.3 is 12.0 Å². The molecule has 1 aliphatic rings. The largest absolute Gasteiger partial charge is 0.481 e. The van der Waals surface area contributed by atoms with E-state index in [-0.39, 0.29) is 24.3 Å². The fraction of sp³-hybridized carbons (Fsp3) is 0.786. The van der Waals surface area contributed by atoms with Crippen LogP contribution in [0.2, 0.25) is 0 Å². The molecule has 0 radical (unpaired) electrons. The quantitative estimate of drug-likeness (QED) is 0.579. The predicted octanol–water partition coefficient (Wildman–Crippen LogP) is 0.941. The van der Waals surface area contributed by atoms with E-state index in [1.165, 1.54) is 0 Å². The van der Waals surface area contributed by atoms with Crippen molar-refractivity contribution in [1.29, 1.82) is 0 Å². The number of carboxylic acid groups (broad SMARTS) is 1.